The van der Waals surface area contributed by atoms with E-state index >= 15 is 0 Å². The van der Waals surface area contributed by atoms with E-state index < -0.39 is 15.5 Å². The van der Waals surface area contributed by atoms with Crippen LogP contribution in [0.3, 0.4) is 0 Å². The van der Waals surface area contributed by atoms with Crippen molar-refractivity contribution in [1.29, 1.82) is 0 Å². The van der Waals surface area contributed by atoms with E-state index in [9.17, 15) is 13.2 Å². The van der Waals surface area contributed by atoms with Crippen LogP contribution in [0.5, 0.6) is 0 Å². The van der Waals surface area contributed by atoms with Crippen molar-refractivity contribution >= 4 is 16.0 Å². The lowest BCUT2D eigenvalue weighted by atomic mass is 10.2. The molecule has 0 aliphatic carbocycles. The summed E-state index contributed by atoms with van der Waals surface area (Å²) in [6.07, 6.45) is 2.44. The van der Waals surface area contributed by atoms with Crippen LogP contribution in [0, 0.1) is 6.92 Å². The Morgan fingerprint density at radius 2 is 1.84 bits per heavy atom. The molecule has 0 radical (unpaired) electrons. The van der Waals surface area contributed by atoms with Crippen LogP contribution < -0.4 is 5.69 Å². The van der Waals surface area contributed by atoms with Gasteiger partial charge in [0.1, 0.15) is 6.33 Å². The van der Waals surface area contributed by atoms with E-state index in [1.54, 1.807) is 12.1 Å². The zero-order valence-electron chi connectivity index (χ0n) is 10.5. The van der Waals surface area contributed by atoms with Crippen LogP contribution in [0.4, 0.5) is 0 Å². The summed E-state index contributed by atoms with van der Waals surface area (Å²) in [5.41, 5.74) is 0.571. The second kappa shape index (κ2) is 4.85. The molecule has 0 N–H and O–H groups in total. The molecule has 0 aliphatic heterocycles. The number of benzene rings is 1. The molecular weight excluding hydrogens is 266 g/mol. The Morgan fingerprint density at radius 1 is 1.21 bits per heavy atom. The Bertz CT molecular complexity index is 767. The number of aryl methyl sites for hydroxylation is 2. The molecule has 0 spiro atoms. The molecule has 0 atom stereocenters. The van der Waals surface area contributed by atoms with Crippen LogP contribution in [0.15, 0.2) is 45.7 Å². The predicted octanol–water partition coefficient (Wildman–Crippen LogP) is 0.792. The number of nitrogens with zero attached hydrogens (tertiary/aromatic N) is 3. The quantitative estimate of drug-likeness (QED) is 0.832. The molecule has 0 bridgehead atoms. The summed E-state index contributed by atoms with van der Waals surface area (Å²) in [6, 6.07) is 6.50. The van der Waals surface area contributed by atoms with Gasteiger partial charge in [0.2, 0.25) is 9.84 Å². The molecule has 1 aromatic heterocycles. The highest BCUT2D eigenvalue weighted by Gasteiger charge is 2.10. The van der Waals surface area contributed by atoms with Gasteiger partial charge < -0.3 is 0 Å². The summed E-state index contributed by atoms with van der Waals surface area (Å²) < 4.78 is 26.2. The van der Waals surface area contributed by atoms with Gasteiger partial charge in [-0.1, -0.05) is 17.7 Å². The fraction of sp³-hybridized carbons (Fsp3) is 0.167. The van der Waals surface area contributed by atoms with E-state index in [1.165, 1.54) is 31.7 Å². The lowest BCUT2D eigenvalue weighted by molar-refractivity contribution is 0.604. The molecule has 6 nitrogen and oxygen atoms in total. The van der Waals surface area contributed by atoms with Crippen molar-refractivity contribution in [3.8, 4) is 0 Å². The fourth-order valence-corrected chi connectivity index (χ4v) is 2.42. The summed E-state index contributed by atoms with van der Waals surface area (Å²) in [5.74, 6) is 0. The van der Waals surface area contributed by atoms with Gasteiger partial charge in [-0.05, 0) is 19.1 Å². The summed E-state index contributed by atoms with van der Waals surface area (Å²) in [5, 5.41) is 4.71. The average molecular weight is 279 g/mol. The second-order valence-electron chi connectivity index (χ2n) is 4.09. The molecule has 7 heteroatoms. The van der Waals surface area contributed by atoms with Gasteiger partial charge in [0.25, 0.3) is 0 Å². The largest absolute Gasteiger partial charge is 0.349 e. The number of hydrogen-bond donors (Lipinski definition) is 0. The number of aromatic nitrogens is 3. The van der Waals surface area contributed by atoms with Crippen molar-refractivity contribution < 1.29 is 8.42 Å². The highest BCUT2D eigenvalue weighted by molar-refractivity contribution is 7.94. The first-order chi connectivity index (χ1) is 8.90. The molecule has 0 saturated carbocycles. The number of rotatable bonds is 3. The summed E-state index contributed by atoms with van der Waals surface area (Å²) in [4.78, 5) is 11.7. The Hall–Kier alpha value is -2.15. The van der Waals surface area contributed by atoms with Crippen LogP contribution in [-0.2, 0) is 16.9 Å². The fourth-order valence-electron chi connectivity index (χ4n) is 1.45. The van der Waals surface area contributed by atoms with Gasteiger partial charge in [-0.25, -0.2) is 17.9 Å². The van der Waals surface area contributed by atoms with Crippen molar-refractivity contribution in [2.45, 2.75) is 11.8 Å². The third-order valence-corrected chi connectivity index (χ3v) is 4.01. The number of hydrogen-bond acceptors (Lipinski definition) is 4. The van der Waals surface area contributed by atoms with Gasteiger partial charge in [-0.15, -0.1) is 0 Å². The van der Waals surface area contributed by atoms with E-state index in [-0.39, 0.29) is 4.90 Å². The van der Waals surface area contributed by atoms with Gasteiger partial charge in [0, 0.05) is 13.2 Å². The molecule has 2 rings (SSSR count). The van der Waals surface area contributed by atoms with Gasteiger partial charge in [-0.2, -0.15) is 5.10 Å². The Morgan fingerprint density at radius 3 is 2.37 bits per heavy atom. The first-order valence-corrected chi connectivity index (χ1v) is 7.05. The van der Waals surface area contributed by atoms with E-state index in [4.69, 9.17) is 0 Å². The molecule has 2 aromatic rings. The molecule has 1 aromatic carbocycles. The maximum atomic E-state index is 12.0. The van der Waals surface area contributed by atoms with Crippen molar-refractivity contribution in [3.63, 3.8) is 0 Å². The molecule has 0 saturated heterocycles. The smallest absolute Gasteiger partial charge is 0.256 e. The van der Waals surface area contributed by atoms with Crippen LogP contribution in [0.2, 0.25) is 0 Å². The normalized spacial score (nSPS) is 12.1. The highest BCUT2D eigenvalue weighted by atomic mass is 32.2. The molecule has 1 heterocycles. The predicted molar refractivity (Wildman–Crippen MR) is 71.2 cm³/mol. The molecule has 100 valence electrons. The topological polar surface area (TPSA) is 74.0 Å². The molecule has 0 amide bonds. The maximum absolute atomic E-state index is 12.0. The lowest BCUT2D eigenvalue weighted by Crippen LogP contribution is -2.19. The van der Waals surface area contributed by atoms with Crippen LogP contribution >= 0.6 is 0 Å². The monoisotopic (exact) mass is 279 g/mol. The van der Waals surface area contributed by atoms with Crippen molar-refractivity contribution in [2.24, 2.45) is 7.05 Å². The number of sulfone groups is 1. The third-order valence-electron chi connectivity index (χ3n) is 2.60. The highest BCUT2D eigenvalue weighted by Crippen LogP contribution is 2.13. The first-order valence-electron chi connectivity index (χ1n) is 5.50. The molecule has 19 heavy (non-hydrogen) atoms. The minimum Gasteiger partial charge on any atom is -0.256 e. The van der Waals surface area contributed by atoms with Gasteiger partial charge in [0.05, 0.1) is 10.3 Å². The lowest BCUT2D eigenvalue weighted by Gasteiger charge is -1.99. The second-order valence-corrected chi connectivity index (χ2v) is 5.92. The minimum atomic E-state index is -3.56. The molecule has 0 unspecified atom stereocenters. The SMILES string of the molecule is Cc1ccc(S(=O)(=O)C=Cn2cnn(C)c2=O)cc1. The van der Waals surface area contributed by atoms with E-state index in [0.717, 1.165) is 20.2 Å². The molecule has 0 aliphatic rings. The van der Waals surface area contributed by atoms with Gasteiger partial charge in [-0.3, -0.25) is 4.57 Å². The van der Waals surface area contributed by atoms with E-state index in [1.807, 2.05) is 6.92 Å². The van der Waals surface area contributed by atoms with Gasteiger partial charge >= 0.3 is 5.69 Å². The maximum Gasteiger partial charge on any atom is 0.349 e. The standard InChI is InChI=1S/C12H13N3O3S/c1-10-3-5-11(6-4-10)19(17,18)8-7-15-9-13-14(2)12(15)16/h3-9H,1-2H3. The van der Waals surface area contributed by atoms with Crippen LogP contribution in [0.25, 0.3) is 6.20 Å². The van der Waals surface area contributed by atoms with E-state index in [0.29, 0.717) is 0 Å². The summed E-state index contributed by atoms with van der Waals surface area (Å²) >= 11 is 0. The van der Waals surface area contributed by atoms with Crippen LogP contribution in [0.1, 0.15) is 5.56 Å². The Labute approximate surface area is 110 Å². The van der Waals surface area contributed by atoms with Crippen LogP contribution in [-0.4, -0.2) is 22.8 Å². The minimum absolute atomic E-state index is 0.186. The average Bonchev–Trinajstić information content (AvgIpc) is 2.68. The van der Waals surface area contributed by atoms with Crippen molar-refractivity contribution in [1.82, 2.24) is 14.3 Å². The first kappa shape index (κ1) is 13.3. The molecular formula is C12H13N3O3S. The summed E-state index contributed by atoms with van der Waals surface area (Å²) in [6.45, 7) is 1.88. The Balaban J connectivity index is 2.34. The zero-order valence-corrected chi connectivity index (χ0v) is 11.3. The van der Waals surface area contributed by atoms with Crippen molar-refractivity contribution in [3.05, 3.63) is 52.0 Å². The third kappa shape index (κ3) is 2.82. The van der Waals surface area contributed by atoms with Crippen molar-refractivity contribution in [2.75, 3.05) is 0 Å². The van der Waals surface area contributed by atoms with Gasteiger partial charge in [0.15, 0.2) is 0 Å². The van der Waals surface area contributed by atoms with E-state index in [2.05, 4.69) is 5.10 Å². The molecule has 0 fully saturated rings. The Kier molecular flexibility index (Phi) is 3.39. The summed E-state index contributed by atoms with van der Waals surface area (Å²) in [7, 11) is -2.07. The zero-order chi connectivity index (χ0) is 14.0.